The Morgan fingerprint density at radius 3 is 2.65 bits per heavy atom. The zero-order valence-corrected chi connectivity index (χ0v) is 20.6. The van der Waals surface area contributed by atoms with Crippen LogP contribution in [0.3, 0.4) is 0 Å². The van der Waals surface area contributed by atoms with Gasteiger partial charge >= 0.3 is 0 Å². The molecule has 2 unspecified atom stereocenters. The van der Waals surface area contributed by atoms with E-state index >= 15 is 0 Å². The lowest BCUT2D eigenvalue weighted by Crippen LogP contribution is -2.55. The van der Waals surface area contributed by atoms with Crippen molar-refractivity contribution < 1.29 is 18.7 Å². The van der Waals surface area contributed by atoms with Crippen LogP contribution in [0.5, 0.6) is 0 Å². The highest BCUT2D eigenvalue weighted by Gasteiger charge is 2.34. The number of aryl methyl sites for hydroxylation is 1. The number of nitrogens with zero attached hydrogens (tertiary/aromatic N) is 2. The summed E-state index contributed by atoms with van der Waals surface area (Å²) in [7, 11) is 0. The fraction of sp³-hybridized carbons (Fsp3) is 0.462. The predicted octanol–water partition coefficient (Wildman–Crippen LogP) is 4.56. The summed E-state index contributed by atoms with van der Waals surface area (Å²) in [6, 6.07) is 7.97. The molecule has 0 saturated carbocycles. The molecule has 1 N–H and O–H groups in total. The fourth-order valence-electron chi connectivity index (χ4n) is 4.79. The maximum atomic E-state index is 13.8. The number of nitrogens with one attached hydrogen (secondary N) is 1. The number of ether oxygens (including phenoxy) is 1. The number of rotatable bonds is 5. The van der Waals surface area contributed by atoms with Crippen molar-refractivity contribution in [3.8, 4) is 0 Å². The van der Waals surface area contributed by atoms with Crippen molar-refractivity contribution in [1.82, 2.24) is 9.80 Å². The van der Waals surface area contributed by atoms with Crippen molar-refractivity contribution in [3.63, 3.8) is 0 Å². The van der Waals surface area contributed by atoms with Gasteiger partial charge in [-0.3, -0.25) is 14.5 Å². The third-order valence-electron chi connectivity index (χ3n) is 6.63. The van der Waals surface area contributed by atoms with Gasteiger partial charge in [0.1, 0.15) is 11.9 Å². The van der Waals surface area contributed by atoms with Gasteiger partial charge in [0.15, 0.2) is 0 Å². The lowest BCUT2D eigenvalue weighted by molar-refractivity contribution is -0.145. The van der Waals surface area contributed by atoms with Gasteiger partial charge in [0.25, 0.3) is 11.8 Å². The molecule has 2 heterocycles. The highest BCUT2D eigenvalue weighted by molar-refractivity contribution is 6.31. The first-order valence-electron chi connectivity index (χ1n) is 11.7. The Morgan fingerprint density at radius 1 is 1.18 bits per heavy atom. The molecule has 0 aliphatic carbocycles. The minimum absolute atomic E-state index is 0.0836. The molecule has 2 aliphatic heterocycles. The maximum Gasteiger partial charge on any atom is 0.255 e. The van der Waals surface area contributed by atoms with E-state index in [1.807, 2.05) is 17.9 Å². The van der Waals surface area contributed by atoms with E-state index < -0.39 is 5.82 Å². The van der Waals surface area contributed by atoms with Crippen LogP contribution in [-0.4, -0.2) is 60.0 Å². The second-order valence-corrected chi connectivity index (χ2v) is 9.76. The number of anilines is 1. The van der Waals surface area contributed by atoms with Gasteiger partial charge in [-0.2, -0.15) is 0 Å². The molecule has 2 fully saturated rings. The molecule has 8 heteroatoms. The monoisotopic (exact) mass is 487 g/mol. The Kier molecular flexibility index (Phi) is 7.55. The summed E-state index contributed by atoms with van der Waals surface area (Å²) in [6.07, 6.45) is 1.45. The van der Waals surface area contributed by atoms with E-state index in [-0.39, 0.29) is 29.5 Å². The van der Waals surface area contributed by atoms with E-state index in [2.05, 4.69) is 17.1 Å². The van der Waals surface area contributed by atoms with Gasteiger partial charge in [-0.05, 0) is 80.6 Å². The summed E-state index contributed by atoms with van der Waals surface area (Å²) < 4.78 is 19.3. The van der Waals surface area contributed by atoms with Crippen LogP contribution in [0.25, 0.3) is 0 Å². The lowest BCUT2D eigenvalue weighted by Gasteiger charge is -2.41. The number of hydrogen-bond acceptors (Lipinski definition) is 4. The van der Waals surface area contributed by atoms with Crippen LogP contribution in [-0.2, 0) is 16.1 Å². The van der Waals surface area contributed by atoms with Crippen LogP contribution < -0.4 is 5.32 Å². The van der Waals surface area contributed by atoms with E-state index in [4.69, 9.17) is 16.3 Å². The molecule has 2 amide bonds. The van der Waals surface area contributed by atoms with Crippen LogP contribution in [0.4, 0.5) is 10.1 Å². The number of carbonyl (C=O) groups excluding carboxylic acids is 2. The molecule has 34 heavy (non-hydrogen) atoms. The molecule has 0 aromatic heterocycles. The summed E-state index contributed by atoms with van der Waals surface area (Å²) in [5.74, 6) is -0.727. The highest BCUT2D eigenvalue weighted by Crippen LogP contribution is 2.28. The Balaban J connectivity index is 1.44. The topological polar surface area (TPSA) is 61.9 Å². The second-order valence-electron chi connectivity index (χ2n) is 9.33. The second kappa shape index (κ2) is 10.4. The van der Waals surface area contributed by atoms with E-state index in [9.17, 15) is 14.0 Å². The van der Waals surface area contributed by atoms with Gasteiger partial charge in [0.05, 0.1) is 0 Å². The number of amides is 2. The number of halogens is 2. The highest BCUT2D eigenvalue weighted by atomic mass is 35.5. The van der Waals surface area contributed by atoms with Crippen molar-refractivity contribution in [1.29, 1.82) is 0 Å². The van der Waals surface area contributed by atoms with Gasteiger partial charge < -0.3 is 15.0 Å². The zero-order chi connectivity index (χ0) is 24.4. The molecule has 0 bridgehead atoms. The summed E-state index contributed by atoms with van der Waals surface area (Å²) in [5.41, 5.74) is 3.47. The SMILES string of the molecule is Cc1cc(F)cc(C(=O)Nc2cc(Cl)cc(CN3CCN(C(=O)C4CCCO4)C(C)C3)c2C)c1. The average Bonchev–Trinajstić information content (AvgIpc) is 3.31. The van der Waals surface area contributed by atoms with Crippen LogP contribution in [0, 0.1) is 19.7 Å². The molecule has 6 nitrogen and oxygen atoms in total. The molecule has 182 valence electrons. The number of hydrogen-bond donors (Lipinski definition) is 1. The van der Waals surface area contributed by atoms with Gasteiger partial charge in [0.2, 0.25) is 0 Å². The first-order chi connectivity index (χ1) is 16.2. The molecule has 2 atom stereocenters. The quantitative estimate of drug-likeness (QED) is 0.671. The number of carbonyl (C=O) groups is 2. The maximum absolute atomic E-state index is 13.8. The third kappa shape index (κ3) is 5.59. The van der Waals surface area contributed by atoms with Gasteiger partial charge in [0, 0.05) is 55.1 Å². The van der Waals surface area contributed by atoms with Crippen LogP contribution in [0.2, 0.25) is 5.02 Å². The largest absolute Gasteiger partial charge is 0.368 e. The van der Waals surface area contributed by atoms with E-state index in [0.717, 1.165) is 37.1 Å². The summed E-state index contributed by atoms with van der Waals surface area (Å²) in [4.78, 5) is 29.8. The van der Waals surface area contributed by atoms with E-state index in [1.165, 1.54) is 12.1 Å². The van der Waals surface area contributed by atoms with Gasteiger partial charge in [-0.15, -0.1) is 0 Å². The molecule has 2 aromatic carbocycles. The Hall–Kier alpha value is -2.48. The van der Waals surface area contributed by atoms with Crippen molar-refractivity contribution in [3.05, 3.63) is 63.4 Å². The van der Waals surface area contributed by atoms with E-state index in [0.29, 0.717) is 36.0 Å². The van der Waals surface area contributed by atoms with Crippen molar-refractivity contribution in [2.45, 2.75) is 52.3 Å². The smallest absolute Gasteiger partial charge is 0.255 e. The molecule has 0 spiro atoms. The molecule has 2 saturated heterocycles. The minimum Gasteiger partial charge on any atom is -0.368 e. The summed E-state index contributed by atoms with van der Waals surface area (Å²) >= 11 is 6.39. The lowest BCUT2D eigenvalue weighted by atomic mass is 10.0. The van der Waals surface area contributed by atoms with Crippen LogP contribution in [0.15, 0.2) is 30.3 Å². The van der Waals surface area contributed by atoms with Crippen LogP contribution >= 0.6 is 11.6 Å². The van der Waals surface area contributed by atoms with Gasteiger partial charge in [-0.1, -0.05) is 11.6 Å². The first-order valence-corrected chi connectivity index (χ1v) is 12.1. The molecule has 0 radical (unpaired) electrons. The van der Waals surface area contributed by atoms with Crippen molar-refractivity contribution in [2.24, 2.45) is 0 Å². The zero-order valence-electron chi connectivity index (χ0n) is 19.9. The number of benzene rings is 2. The molecular formula is C26H31ClFN3O3. The Labute approximate surface area is 205 Å². The van der Waals surface area contributed by atoms with Gasteiger partial charge in [-0.25, -0.2) is 4.39 Å². The summed E-state index contributed by atoms with van der Waals surface area (Å²) in [5, 5.41) is 3.41. The molecular weight excluding hydrogens is 457 g/mol. The molecule has 2 aromatic rings. The molecule has 4 rings (SSSR count). The Morgan fingerprint density at radius 2 is 1.97 bits per heavy atom. The van der Waals surface area contributed by atoms with Crippen LogP contribution in [0.1, 0.15) is 46.8 Å². The minimum atomic E-state index is -0.445. The van der Waals surface area contributed by atoms with Crippen molar-refractivity contribution in [2.75, 3.05) is 31.6 Å². The standard InChI is InChI=1S/C26H31ClFN3O3/c1-16-9-19(12-22(28)10-16)25(32)29-23-13-21(27)11-20(18(23)3)15-30-6-7-31(17(2)14-30)26(33)24-5-4-8-34-24/h9-13,17,24H,4-8,14-15H2,1-3H3,(H,29,32). The average molecular weight is 488 g/mol. The van der Waals surface area contributed by atoms with E-state index in [1.54, 1.807) is 19.1 Å². The Bertz CT molecular complexity index is 1070. The summed E-state index contributed by atoms with van der Waals surface area (Å²) in [6.45, 7) is 9.22. The third-order valence-corrected chi connectivity index (χ3v) is 6.84. The normalized spacial score (nSPS) is 21.0. The predicted molar refractivity (Wildman–Crippen MR) is 131 cm³/mol. The van der Waals surface area contributed by atoms with Crippen molar-refractivity contribution >= 4 is 29.1 Å². The first kappa shape index (κ1) is 24.6. The number of piperazine rings is 1. The fourth-order valence-corrected chi connectivity index (χ4v) is 5.03. The molecule has 2 aliphatic rings.